The third-order valence-electron chi connectivity index (χ3n) is 2.08. The Hall–Kier alpha value is -1.07. The van der Waals surface area contributed by atoms with E-state index in [-0.39, 0.29) is 6.61 Å². The zero-order chi connectivity index (χ0) is 12.8. The molecule has 0 saturated heterocycles. The monoisotopic (exact) mass is 302 g/mol. The number of carbonyl (C=O) groups is 1. The molecule has 1 rings (SSSR count). The van der Waals surface area contributed by atoms with Crippen LogP contribution in [0.4, 0.5) is 0 Å². The van der Waals surface area contributed by atoms with Crippen LogP contribution in [0.1, 0.15) is 25.5 Å². The Balaban J connectivity index is 2.75. The predicted octanol–water partition coefficient (Wildman–Crippen LogP) is 2.44. The van der Waals surface area contributed by atoms with Crippen molar-refractivity contribution in [1.82, 2.24) is 0 Å². The molecule has 94 valence electrons. The van der Waals surface area contributed by atoms with Gasteiger partial charge in [0.25, 0.3) is 0 Å². The molecular formula is C12H15BrO4. The molecule has 0 unspecified atom stereocenters. The number of carbonyl (C=O) groups excluding carboxylic acids is 1. The fourth-order valence-corrected chi connectivity index (χ4v) is 1.66. The second-order valence-corrected chi connectivity index (χ2v) is 4.37. The summed E-state index contributed by atoms with van der Waals surface area (Å²) in [5, 5.41) is 9.55. The topological polar surface area (TPSA) is 55.8 Å². The van der Waals surface area contributed by atoms with Gasteiger partial charge in [0, 0.05) is 10.0 Å². The Morgan fingerprint density at radius 2 is 2.24 bits per heavy atom. The van der Waals surface area contributed by atoms with Crippen LogP contribution in [0.3, 0.4) is 0 Å². The minimum Gasteiger partial charge on any atom is -0.481 e. The van der Waals surface area contributed by atoms with Gasteiger partial charge in [-0.15, -0.1) is 0 Å². The molecule has 0 aromatic heterocycles. The molecular weight excluding hydrogens is 288 g/mol. The van der Waals surface area contributed by atoms with Crippen molar-refractivity contribution in [1.29, 1.82) is 0 Å². The molecule has 0 aliphatic rings. The van der Waals surface area contributed by atoms with Gasteiger partial charge in [-0.1, -0.05) is 22.0 Å². The summed E-state index contributed by atoms with van der Waals surface area (Å²) in [7, 11) is 0. The van der Waals surface area contributed by atoms with Crippen molar-refractivity contribution in [2.45, 2.75) is 20.0 Å². The summed E-state index contributed by atoms with van der Waals surface area (Å²) < 4.78 is 10.9. The first-order chi connectivity index (χ1) is 8.04. The number of esters is 1. The number of aliphatic hydroxyl groups excluding tert-OH is 1. The minimum absolute atomic E-state index is 0.163. The number of hydrogen-bond donors (Lipinski definition) is 1. The summed E-state index contributed by atoms with van der Waals surface area (Å²) in [6.45, 7) is 3.53. The number of benzene rings is 1. The van der Waals surface area contributed by atoms with Gasteiger partial charge in [0.2, 0.25) is 0 Å². The van der Waals surface area contributed by atoms with Gasteiger partial charge in [-0.3, -0.25) is 0 Å². The van der Waals surface area contributed by atoms with E-state index in [0.717, 1.165) is 4.47 Å². The smallest absolute Gasteiger partial charge is 0.344 e. The van der Waals surface area contributed by atoms with Crippen molar-refractivity contribution >= 4 is 21.9 Å². The van der Waals surface area contributed by atoms with Crippen LogP contribution in [-0.2, 0) is 9.53 Å². The SMILES string of the molecule is CCOC(=O)COc1cc(Br)ccc1[C@@H](C)O. The fourth-order valence-electron chi connectivity index (χ4n) is 1.32. The Morgan fingerprint density at radius 1 is 1.53 bits per heavy atom. The van der Waals surface area contributed by atoms with Crippen LogP contribution in [0.25, 0.3) is 0 Å². The van der Waals surface area contributed by atoms with Crippen LogP contribution >= 0.6 is 15.9 Å². The second kappa shape index (κ2) is 6.61. The summed E-state index contributed by atoms with van der Waals surface area (Å²) in [6.07, 6.45) is -0.653. The molecule has 0 aliphatic carbocycles. The van der Waals surface area contributed by atoms with Crippen molar-refractivity contribution in [3.63, 3.8) is 0 Å². The summed E-state index contributed by atoms with van der Waals surface area (Å²) in [5.74, 6) is 0.0476. The van der Waals surface area contributed by atoms with E-state index in [1.807, 2.05) is 0 Å². The molecule has 1 atom stereocenters. The average molecular weight is 303 g/mol. The minimum atomic E-state index is -0.653. The molecule has 4 nitrogen and oxygen atoms in total. The predicted molar refractivity (Wildman–Crippen MR) is 66.9 cm³/mol. The van der Waals surface area contributed by atoms with Crippen LogP contribution in [-0.4, -0.2) is 24.3 Å². The molecule has 0 saturated carbocycles. The lowest BCUT2D eigenvalue weighted by Crippen LogP contribution is -2.15. The first-order valence-electron chi connectivity index (χ1n) is 5.30. The lowest BCUT2D eigenvalue weighted by molar-refractivity contribution is -0.145. The molecule has 0 bridgehead atoms. The number of aliphatic hydroxyl groups is 1. The van der Waals surface area contributed by atoms with Crippen molar-refractivity contribution in [2.24, 2.45) is 0 Å². The summed E-state index contributed by atoms with van der Waals surface area (Å²) in [4.78, 5) is 11.2. The van der Waals surface area contributed by atoms with E-state index in [0.29, 0.717) is 17.9 Å². The van der Waals surface area contributed by atoms with E-state index in [2.05, 4.69) is 15.9 Å². The number of rotatable bonds is 5. The first-order valence-corrected chi connectivity index (χ1v) is 6.09. The first kappa shape index (κ1) is 14.0. The van der Waals surface area contributed by atoms with Gasteiger partial charge in [-0.25, -0.2) is 4.79 Å². The summed E-state index contributed by atoms with van der Waals surface area (Å²) >= 11 is 3.31. The Kier molecular flexibility index (Phi) is 5.44. The van der Waals surface area contributed by atoms with Gasteiger partial charge >= 0.3 is 5.97 Å². The van der Waals surface area contributed by atoms with Crippen LogP contribution in [0.15, 0.2) is 22.7 Å². The van der Waals surface area contributed by atoms with Crippen molar-refractivity contribution in [3.05, 3.63) is 28.2 Å². The highest BCUT2D eigenvalue weighted by atomic mass is 79.9. The van der Waals surface area contributed by atoms with Crippen molar-refractivity contribution in [2.75, 3.05) is 13.2 Å². The second-order valence-electron chi connectivity index (χ2n) is 3.45. The normalized spacial score (nSPS) is 12.0. The summed E-state index contributed by atoms with van der Waals surface area (Å²) in [5.41, 5.74) is 0.637. The van der Waals surface area contributed by atoms with Crippen LogP contribution < -0.4 is 4.74 Å². The average Bonchev–Trinajstić information content (AvgIpc) is 2.26. The fraction of sp³-hybridized carbons (Fsp3) is 0.417. The van der Waals surface area contributed by atoms with E-state index in [4.69, 9.17) is 9.47 Å². The highest BCUT2D eigenvalue weighted by Crippen LogP contribution is 2.28. The largest absolute Gasteiger partial charge is 0.481 e. The number of ether oxygens (including phenoxy) is 2. The number of halogens is 1. The molecule has 17 heavy (non-hydrogen) atoms. The molecule has 1 aromatic rings. The van der Waals surface area contributed by atoms with Crippen LogP contribution in [0.2, 0.25) is 0 Å². The van der Waals surface area contributed by atoms with Gasteiger partial charge in [-0.2, -0.15) is 0 Å². The molecule has 0 amide bonds. The quantitative estimate of drug-likeness (QED) is 0.849. The van der Waals surface area contributed by atoms with E-state index >= 15 is 0 Å². The Bertz CT molecular complexity index is 390. The van der Waals surface area contributed by atoms with Crippen molar-refractivity contribution in [3.8, 4) is 5.75 Å². The van der Waals surface area contributed by atoms with Gasteiger partial charge in [-0.05, 0) is 26.0 Å². The lowest BCUT2D eigenvalue weighted by Gasteiger charge is -2.13. The molecule has 1 N–H and O–H groups in total. The van der Waals surface area contributed by atoms with Gasteiger partial charge in [0.1, 0.15) is 5.75 Å². The lowest BCUT2D eigenvalue weighted by atomic mass is 10.1. The van der Waals surface area contributed by atoms with Crippen LogP contribution in [0.5, 0.6) is 5.75 Å². The molecule has 0 heterocycles. The standard InChI is InChI=1S/C12H15BrO4/c1-3-16-12(15)7-17-11-6-9(13)4-5-10(11)8(2)14/h4-6,8,14H,3,7H2,1-2H3/t8-/m1/s1. The van der Waals surface area contributed by atoms with Crippen LogP contribution in [0, 0.1) is 0 Å². The maximum Gasteiger partial charge on any atom is 0.344 e. The number of hydrogen-bond acceptors (Lipinski definition) is 4. The highest BCUT2D eigenvalue weighted by Gasteiger charge is 2.11. The zero-order valence-corrected chi connectivity index (χ0v) is 11.4. The maximum absolute atomic E-state index is 11.2. The van der Waals surface area contributed by atoms with Crippen molar-refractivity contribution < 1.29 is 19.4 Å². The maximum atomic E-state index is 11.2. The molecule has 0 radical (unpaired) electrons. The third-order valence-corrected chi connectivity index (χ3v) is 2.57. The van der Waals surface area contributed by atoms with Gasteiger partial charge in [0.15, 0.2) is 6.61 Å². The zero-order valence-electron chi connectivity index (χ0n) is 9.77. The molecule has 1 aromatic carbocycles. The third kappa shape index (κ3) is 4.36. The Morgan fingerprint density at radius 3 is 2.82 bits per heavy atom. The van der Waals surface area contributed by atoms with Gasteiger partial charge in [0.05, 0.1) is 12.7 Å². The molecule has 5 heteroatoms. The van der Waals surface area contributed by atoms with E-state index in [1.165, 1.54) is 0 Å². The highest BCUT2D eigenvalue weighted by molar-refractivity contribution is 9.10. The van der Waals surface area contributed by atoms with Gasteiger partial charge < -0.3 is 14.6 Å². The summed E-state index contributed by atoms with van der Waals surface area (Å²) in [6, 6.07) is 5.26. The van der Waals surface area contributed by atoms with E-state index in [1.54, 1.807) is 32.0 Å². The molecule has 0 aliphatic heterocycles. The van der Waals surface area contributed by atoms with E-state index in [9.17, 15) is 9.90 Å². The molecule has 0 spiro atoms. The molecule has 0 fully saturated rings. The Labute approximate surface area is 109 Å². The van der Waals surface area contributed by atoms with E-state index < -0.39 is 12.1 Å².